The molecule has 0 saturated carbocycles. The van der Waals surface area contributed by atoms with E-state index in [1.165, 1.54) is 6.08 Å². The Balaban J connectivity index is 1.65. The fourth-order valence-electron chi connectivity index (χ4n) is 3.38. The first-order chi connectivity index (χ1) is 17.0. The van der Waals surface area contributed by atoms with Crippen LogP contribution in [0.25, 0.3) is 18.2 Å². The van der Waals surface area contributed by atoms with E-state index in [0.717, 1.165) is 16.7 Å². The van der Waals surface area contributed by atoms with Crippen molar-refractivity contribution in [2.45, 2.75) is 0 Å². The first-order valence-corrected chi connectivity index (χ1v) is 10.8. The van der Waals surface area contributed by atoms with Crippen LogP contribution < -0.4 is 29.0 Å². The summed E-state index contributed by atoms with van der Waals surface area (Å²) in [6.07, 6.45) is 7.10. The summed E-state index contributed by atoms with van der Waals surface area (Å²) in [6.45, 7) is 0. The molecule has 0 atom stereocenters. The van der Waals surface area contributed by atoms with E-state index in [1.54, 1.807) is 53.8 Å². The highest BCUT2D eigenvalue weighted by Crippen LogP contribution is 2.38. The summed E-state index contributed by atoms with van der Waals surface area (Å²) < 4.78 is 26.7. The summed E-state index contributed by atoms with van der Waals surface area (Å²) in [5.74, 6) is 2.73. The molecule has 7 heteroatoms. The van der Waals surface area contributed by atoms with Gasteiger partial charge in [-0.2, -0.15) is 0 Å². The monoisotopic (exact) mass is 475 g/mol. The lowest BCUT2D eigenvalue weighted by Gasteiger charge is -2.12. The van der Waals surface area contributed by atoms with Crippen molar-refractivity contribution in [1.29, 1.82) is 0 Å². The Kier molecular flexibility index (Phi) is 8.78. The van der Waals surface area contributed by atoms with Gasteiger partial charge in [0.25, 0.3) is 0 Å². The van der Waals surface area contributed by atoms with Crippen molar-refractivity contribution in [3.05, 3.63) is 77.4 Å². The van der Waals surface area contributed by atoms with Gasteiger partial charge < -0.3 is 29.0 Å². The van der Waals surface area contributed by atoms with Gasteiger partial charge in [-0.1, -0.05) is 30.4 Å². The minimum Gasteiger partial charge on any atom is -0.493 e. The van der Waals surface area contributed by atoms with Crippen LogP contribution in [0.1, 0.15) is 16.7 Å². The van der Waals surface area contributed by atoms with Crippen LogP contribution in [-0.4, -0.2) is 41.5 Å². The molecule has 0 aliphatic heterocycles. The molecule has 3 aromatic carbocycles. The SMILES string of the molecule is COc1ccc(/C=C/C(=O)Nc2ccc(/C=C/c3cc(OC)c(OC)c(OC)c3)cc2)cc1OC. The van der Waals surface area contributed by atoms with Gasteiger partial charge in [-0.25, -0.2) is 0 Å². The van der Waals surface area contributed by atoms with Crippen LogP contribution in [0.4, 0.5) is 5.69 Å². The second-order valence-corrected chi connectivity index (χ2v) is 7.35. The maximum Gasteiger partial charge on any atom is 0.248 e. The van der Waals surface area contributed by atoms with Crippen LogP contribution in [0.15, 0.2) is 60.7 Å². The molecule has 3 aromatic rings. The zero-order valence-corrected chi connectivity index (χ0v) is 20.5. The Bertz CT molecular complexity index is 1190. The third-order valence-electron chi connectivity index (χ3n) is 5.17. The number of hydrogen-bond acceptors (Lipinski definition) is 6. The first-order valence-electron chi connectivity index (χ1n) is 10.8. The predicted octanol–water partition coefficient (Wildman–Crippen LogP) is 5.55. The molecular weight excluding hydrogens is 446 g/mol. The van der Waals surface area contributed by atoms with Gasteiger partial charge in [0.05, 0.1) is 35.5 Å². The quantitative estimate of drug-likeness (QED) is 0.306. The predicted molar refractivity (Wildman–Crippen MR) is 139 cm³/mol. The van der Waals surface area contributed by atoms with Crippen molar-refractivity contribution in [1.82, 2.24) is 0 Å². The van der Waals surface area contributed by atoms with Crippen molar-refractivity contribution in [2.24, 2.45) is 0 Å². The molecule has 0 bridgehead atoms. The molecular formula is C28H29NO6. The highest BCUT2D eigenvalue weighted by molar-refractivity contribution is 6.02. The molecule has 0 unspecified atom stereocenters. The zero-order valence-electron chi connectivity index (χ0n) is 20.5. The minimum atomic E-state index is -0.236. The maximum absolute atomic E-state index is 12.3. The van der Waals surface area contributed by atoms with Crippen LogP contribution in [-0.2, 0) is 4.79 Å². The third-order valence-corrected chi connectivity index (χ3v) is 5.17. The molecule has 0 spiro atoms. The molecule has 1 amide bonds. The van der Waals surface area contributed by atoms with Crippen LogP contribution in [0, 0.1) is 0 Å². The summed E-state index contributed by atoms with van der Waals surface area (Å²) in [6, 6.07) is 16.7. The lowest BCUT2D eigenvalue weighted by Crippen LogP contribution is -2.07. The second-order valence-electron chi connectivity index (χ2n) is 7.35. The van der Waals surface area contributed by atoms with Crippen molar-refractivity contribution in [3.63, 3.8) is 0 Å². The summed E-state index contributed by atoms with van der Waals surface area (Å²) >= 11 is 0. The summed E-state index contributed by atoms with van der Waals surface area (Å²) in [5.41, 5.74) is 3.39. The first kappa shape index (κ1) is 25.2. The minimum absolute atomic E-state index is 0.236. The molecule has 0 fully saturated rings. The van der Waals surface area contributed by atoms with Gasteiger partial charge in [0.1, 0.15) is 0 Å². The fraction of sp³-hybridized carbons (Fsp3) is 0.179. The van der Waals surface area contributed by atoms with Crippen LogP contribution >= 0.6 is 0 Å². The second kappa shape index (κ2) is 12.2. The summed E-state index contributed by atoms with van der Waals surface area (Å²) in [7, 11) is 7.89. The van der Waals surface area contributed by atoms with Crippen LogP contribution in [0.2, 0.25) is 0 Å². The summed E-state index contributed by atoms with van der Waals surface area (Å²) in [5, 5.41) is 2.85. The maximum atomic E-state index is 12.3. The van der Waals surface area contributed by atoms with Gasteiger partial charge in [-0.05, 0) is 59.2 Å². The Morgan fingerprint density at radius 3 is 1.71 bits per heavy atom. The van der Waals surface area contributed by atoms with E-state index < -0.39 is 0 Å². The molecule has 0 aromatic heterocycles. The van der Waals surface area contributed by atoms with Crippen molar-refractivity contribution in [2.75, 3.05) is 40.9 Å². The van der Waals surface area contributed by atoms with E-state index in [0.29, 0.717) is 34.4 Å². The lowest BCUT2D eigenvalue weighted by molar-refractivity contribution is -0.111. The van der Waals surface area contributed by atoms with Gasteiger partial charge >= 0.3 is 0 Å². The van der Waals surface area contributed by atoms with Crippen LogP contribution in [0.3, 0.4) is 0 Å². The molecule has 3 rings (SSSR count). The highest BCUT2D eigenvalue weighted by atomic mass is 16.5. The lowest BCUT2D eigenvalue weighted by atomic mass is 10.1. The number of rotatable bonds is 10. The van der Waals surface area contributed by atoms with E-state index in [-0.39, 0.29) is 5.91 Å². The Morgan fingerprint density at radius 1 is 0.600 bits per heavy atom. The molecule has 0 aliphatic rings. The number of hydrogen-bond donors (Lipinski definition) is 1. The largest absolute Gasteiger partial charge is 0.493 e. The molecule has 1 N–H and O–H groups in total. The molecule has 0 aliphatic carbocycles. The number of benzene rings is 3. The van der Waals surface area contributed by atoms with E-state index in [9.17, 15) is 4.79 Å². The fourth-order valence-corrected chi connectivity index (χ4v) is 3.38. The van der Waals surface area contributed by atoms with E-state index in [4.69, 9.17) is 23.7 Å². The van der Waals surface area contributed by atoms with Gasteiger partial charge in [0, 0.05) is 11.8 Å². The number of amides is 1. The zero-order chi connectivity index (χ0) is 25.2. The molecule has 0 radical (unpaired) electrons. The van der Waals surface area contributed by atoms with E-state index in [1.807, 2.05) is 54.6 Å². The van der Waals surface area contributed by atoms with Crippen molar-refractivity contribution >= 4 is 29.8 Å². The van der Waals surface area contributed by atoms with Crippen molar-refractivity contribution < 1.29 is 28.5 Å². The molecule has 7 nitrogen and oxygen atoms in total. The Hall–Kier alpha value is -4.39. The van der Waals surface area contributed by atoms with Crippen molar-refractivity contribution in [3.8, 4) is 28.7 Å². The van der Waals surface area contributed by atoms with E-state index >= 15 is 0 Å². The number of carbonyl (C=O) groups is 1. The number of ether oxygens (including phenoxy) is 5. The topological polar surface area (TPSA) is 75.3 Å². The van der Waals surface area contributed by atoms with Gasteiger partial charge in [-0.3, -0.25) is 4.79 Å². The standard InChI is InChI=1S/C28H29NO6/c1-31-23-14-10-20(16-24(23)32-2)11-15-27(30)29-22-12-8-19(9-13-22)6-7-21-17-25(33-3)28(35-5)26(18-21)34-4/h6-18H,1-5H3,(H,29,30)/b7-6+,15-11+. The number of methoxy groups -OCH3 is 5. The average Bonchev–Trinajstić information content (AvgIpc) is 2.90. The number of anilines is 1. The number of carbonyl (C=O) groups excluding carboxylic acids is 1. The van der Waals surface area contributed by atoms with E-state index in [2.05, 4.69) is 5.32 Å². The highest BCUT2D eigenvalue weighted by Gasteiger charge is 2.12. The molecule has 0 saturated heterocycles. The number of nitrogens with one attached hydrogen (secondary N) is 1. The summed E-state index contributed by atoms with van der Waals surface area (Å²) in [4.78, 5) is 12.3. The normalized spacial score (nSPS) is 10.9. The molecule has 182 valence electrons. The van der Waals surface area contributed by atoms with Gasteiger partial charge in [0.2, 0.25) is 11.7 Å². The average molecular weight is 476 g/mol. The Morgan fingerprint density at radius 2 is 1.14 bits per heavy atom. The van der Waals surface area contributed by atoms with Gasteiger partial charge in [-0.15, -0.1) is 0 Å². The smallest absolute Gasteiger partial charge is 0.248 e. The van der Waals surface area contributed by atoms with Crippen LogP contribution in [0.5, 0.6) is 28.7 Å². The third kappa shape index (κ3) is 6.57. The molecule has 35 heavy (non-hydrogen) atoms. The Labute approximate surface area is 205 Å². The van der Waals surface area contributed by atoms with Gasteiger partial charge in [0.15, 0.2) is 23.0 Å². The molecule has 0 heterocycles.